The largest absolute Gasteiger partial charge is 0.490 e. The van der Waals surface area contributed by atoms with Crippen LogP contribution in [-0.4, -0.2) is 19.8 Å². The second-order valence-corrected chi connectivity index (χ2v) is 5.92. The summed E-state index contributed by atoms with van der Waals surface area (Å²) in [7, 11) is 0. The first-order valence-corrected chi connectivity index (χ1v) is 7.85. The number of hydrogen-bond donors (Lipinski definition) is 1. The van der Waals surface area contributed by atoms with Crippen molar-refractivity contribution in [3.63, 3.8) is 0 Å². The molecule has 0 spiro atoms. The lowest BCUT2D eigenvalue weighted by Crippen LogP contribution is -2.19. The summed E-state index contributed by atoms with van der Waals surface area (Å²) in [5, 5.41) is 3.46. The van der Waals surface area contributed by atoms with E-state index >= 15 is 0 Å². The fraction of sp³-hybridized carbons (Fsp3) is 0.647. The summed E-state index contributed by atoms with van der Waals surface area (Å²) >= 11 is 0. The van der Waals surface area contributed by atoms with Gasteiger partial charge >= 0.3 is 0 Å². The molecule has 1 N–H and O–H groups in total. The van der Waals surface area contributed by atoms with Gasteiger partial charge in [0.2, 0.25) is 0 Å². The van der Waals surface area contributed by atoms with Crippen LogP contribution in [-0.2, 0) is 6.54 Å². The first-order valence-electron chi connectivity index (χ1n) is 7.85. The molecular formula is C17H27NO2. The molecule has 1 aromatic rings. The molecule has 0 unspecified atom stereocenters. The van der Waals surface area contributed by atoms with Crippen LogP contribution in [0.5, 0.6) is 11.5 Å². The molecule has 0 saturated heterocycles. The van der Waals surface area contributed by atoms with Crippen LogP contribution in [0.15, 0.2) is 18.2 Å². The van der Waals surface area contributed by atoms with E-state index in [0.29, 0.717) is 5.92 Å². The predicted molar refractivity (Wildman–Crippen MR) is 82.4 cm³/mol. The Bertz CT molecular complexity index is 404. The zero-order valence-corrected chi connectivity index (χ0v) is 12.8. The Balaban J connectivity index is 1.98. The zero-order valence-electron chi connectivity index (χ0n) is 12.8. The fourth-order valence-corrected chi connectivity index (χ4v) is 2.32. The lowest BCUT2D eigenvalue weighted by molar-refractivity contribution is 0.244. The van der Waals surface area contributed by atoms with Crippen LogP contribution in [0.1, 0.15) is 45.1 Å². The van der Waals surface area contributed by atoms with Crippen molar-refractivity contribution in [3.8, 4) is 11.5 Å². The van der Waals surface area contributed by atoms with Gasteiger partial charge in [0, 0.05) is 6.54 Å². The Kier molecular flexibility index (Phi) is 6.19. The van der Waals surface area contributed by atoms with Crippen LogP contribution in [0.3, 0.4) is 0 Å². The molecule has 3 heteroatoms. The van der Waals surface area contributed by atoms with E-state index in [1.54, 1.807) is 0 Å². The Morgan fingerprint density at radius 1 is 1.00 bits per heavy atom. The Labute approximate surface area is 122 Å². The second kappa shape index (κ2) is 8.15. The van der Waals surface area contributed by atoms with Crippen molar-refractivity contribution < 1.29 is 9.47 Å². The first kappa shape index (κ1) is 15.2. The summed E-state index contributed by atoms with van der Waals surface area (Å²) in [6.07, 6.45) is 4.73. The third-order valence-electron chi connectivity index (χ3n) is 3.44. The summed E-state index contributed by atoms with van der Waals surface area (Å²) in [5.74, 6) is 2.46. The van der Waals surface area contributed by atoms with Crippen molar-refractivity contribution in [3.05, 3.63) is 23.8 Å². The molecule has 0 fully saturated rings. The van der Waals surface area contributed by atoms with Gasteiger partial charge in [-0.15, -0.1) is 0 Å². The maximum atomic E-state index is 5.88. The van der Waals surface area contributed by atoms with Crippen LogP contribution in [0.4, 0.5) is 0 Å². The Hall–Kier alpha value is -1.22. The van der Waals surface area contributed by atoms with Crippen LogP contribution in [0, 0.1) is 5.92 Å². The molecule has 112 valence electrons. The van der Waals surface area contributed by atoms with Crippen molar-refractivity contribution in [2.24, 2.45) is 5.92 Å². The van der Waals surface area contributed by atoms with Crippen molar-refractivity contribution in [1.82, 2.24) is 5.32 Å². The van der Waals surface area contributed by atoms with Gasteiger partial charge in [0.15, 0.2) is 11.5 Å². The maximum absolute atomic E-state index is 5.88. The van der Waals surface area contributed by atoms with E-state index in [0.717, 1.165) is 50.6 Å². The quantitative estimate of drug-likeness (QED) is 0.909. The smallest absolute Gasteiger partial charge is 0.161 e. The normalized spacial score (nSPS) is 16.1. The Morgan fingerprint density at radius 2 is 1.70 bits per heavy atom. The van der Waals surface area contributed by atoms with E-state index in [1.165, 1.54) is 18.4 Å². The highest BCUT2D eigenvalue weighted by Gasteiger charge is 2.08. The number of fused-ring (bicyclic) bond motifs is 1. The minimum atomic E-state index is 0.672. The van der Waals surface area contributed by atoms with E-state index in [-0.39, 0.29) is 0 Å². The number of nitrogens with one attached hydrogen (secondary N) is 1. The molecule has 0 amide bonds. The van der Waals surface area contributed by atoms with Crippen LogP contribution in [0.2, 0.25) is 0 Å². The van der Waals surface area contributed by atoms with E-state index < -0.39 is 0 Å². The summed E-state index contributed by atoms with van der Waals surface area (Å²) in [5.41, 5.74) is 1.25. The SMILES string of the molecule is CC(C)CNCc1ccc2c(c1)OCCCCCCO2. The monoisotopic (exact) mass is 277 g/mol. The van der Waals surface area contributed by atoms with Crippen molar-refractivity contribution in [2.45, 2.75) is 46.1 Å². The van der Waals surface area contributed by atoms with Gasteiger partial charge in [-0.3, -0.25) is 0 Å². The lowest BCUT2D eigenvalue weighted by Gasteiger charge is -2.16. The van der Waals surface area contributed by atoms with Gasteiger partial charge in [0.25, 0.3) is 0 Å². The van der Waals surface area contributed by atoms with Gasteiger partial charge in [0.05, 0.1) is 13.2 Å². The highest BCUT2D eigenvalue weighted by atomic mass is 16.5. The fourth-order valence-electron chi connectivity index (χ4n) is 2.32. The predicted octanol–water partition coefficient (Wildman–Crippen LogP) is 3.76. The lowest BCUT2D eigenvalue weighted by atomic mass is 10.1. The van der Waals surface area contributed by atoms with Gasteiger partial charge < -0.3 is 14.8 Å². The average Bonchev–Trinajstić information content (AvgIpc) is 2.44. The third kappa shape index (κ3) is 5.04. The summed E-state index contributed by atoms with van der Waals surface area (Å²) in [6, 6.07) is 6.29. The molecule has 0 aromatic heterocycles. The maximum Gasteiger partial charge on any atom is 0.161 e. The highest BCUT2D eigenvalue weighted by molar-refractivity contribution is 5.43. The van der Waals surface area contributed by atoms with Crippen LogP contribution >= 0.6 is 0 Å². The van der Waals surface area contributed by atoms with Crippen LogP contribution in [0.25, 0.3) is 0 Å². The van der Waals surface area contributed by atoms with Crippen molar-refractivity contribution in [2.75, 3.05) is 19.8 Å². The van der Waals surface area contributed by atoms with Gasteiger partial charge in [-0.25, -0.2) is 0 Å². The number of ether oxygens (including phenoxy) is 2. The molecule has 20 heavy (non-hydrogen) atoms. The molecule has 1 aliphatic rings. The molecule has 1 aliphatic heterocycles. The first-order chi connectivity index (χ1) is 9.75. The molecule has 1 heterocycles. The minimum Gasteiger partial charge on any atom is -0.490 e. The molecule has 0 saturated carbocycles. The molecular weight excluding hydrogens is 250 g/mol. The zero-order chi connectivity index (χ0) is 14.2. The highest BCUT2D eigenvalue weighted by Crippen LogP contribution is 2.29. The number of hydrogen-bond acceptors (Lipinski definition) is 3. The minimum absolute atomic E-state index is 0.672. The van der Waals surface area contributed by atoms with E-state index in [1.807, 2.05) is 6.07 Å². The molecule has 0 aliphatic carbocycles. The third-order valence-corrected chi connectivity index (χ3v) is 3.44. The van der Waals surface area contributed by atoms with Gasteiger partial charge in [0.1, 0.15) is 0 Å². The van der Waals surface area contributed by atoms with Gasteiger partial charge in [-0.1, -0.05) is 19.9 Å². The van der Waals surface area contributed by atoms with E-state index in [4.69, 9.17) is 9.47 Å². The summed E-state index contributed by atoms with van der Waals surface area (Å²) in [4.78, 5) is 0. The molecule has 2 rings (SSSR count). The van der Waals surface area contributed by atoms with E-state index in [9.17, 15) is 0 Å². The molecule has 3 nitrogen and oxygen atoms in total. The topological polar surface area (TPSA) is 30.5 Å². The number of rotatable bonds is 4. The Morgan fingerprint density at radius 3 is 2.40 bits per heavy atom. The van der Waals surface area contributed by atoms with Crippen LogP contribution < -0.4 is 14.8 Å². The molecule has 1 aromatic carbocycles. The number of benzene rings is 1. The van der Waals surface area contributed by atoms with Crippen molar-refractivity contribution >= 4 is 0 Å². The second-order valence-electron chi connectivity index (χ2n) is 5.92. The average molecular weight is 277 g/mol. The molecule has 0 radical (unpaired) electrons. The van der Waals surface area contributed by atoms with Gasteiger partial charge in [-0.2, -0.15) is 0 Å². The van der Waals surface area contributed by atoms with E-state index in [2.05, 4.69) is 31.3 Å². The summed E-state index contributed by atoms with van der Waals surface area (Å²) < 4.78 is 11.7. The standard InChI is InChI=1S/C17H27NO2/c1-14(2)12-18-13-15-7-8-16-17(11-15)20-10-6-4-3-5-9-19-16/h7-8,11,14,18H,3-6,9-10,12-13H2,1-2H3. The van der Waals surface area contributed by atoms with Crippen molar-refractivity contribution in [1.29, 1.82) is 0 Å². The molecule has 0 bridgehead atoms. The summed E-state index contributed by atoms with van der Waals surface area (Å²) in [6.45, 7) is 7.94. The molecule has 0 atom stereocenters. The van der Waals surface area contributed by atoms with Gasteiger partial charge in [-0.05, 0) is 55.8 Å².